The summed E-state index contributed by atoms with van der Waals surface area (Å²) >= 11 is 0. The summed E-state index contributed by atoms with van der Waals surface area (Å²) in [5, 5.41) is 0. The molecule has 0 aromatic rings. The maximum atomic E-state index is 11.9. The van der Waals surface area contributed by atoms with Crippen LogP contribution in [0.3, 0.4) is 0 Å². The second-order valence-electron chi connectivity index (χ2n) is 4.86. The topological polar surface area (TPSA) is 50.8 Å². The first-order chi connectivity index (χ1) is 8.27. The Kier molecular flexibility index (Phi) is 4.62. The highest BCUT2D eigenvalue weighted by atomic mass is 16.8. The molecule has 0 aromatic heterocycles. The van der Waals surface area contributed by atoms with Gasteiger partial charge in [0.15, 0.2) is 6.29 Å². The maximum Gasteiger partial charge on any atom is 0.341 e. The molecule has 5 heteroatoms. The van der Waals surface area contributed by atoms with Crippen molar-refractivity contribution in [2.75, 3.05) is 13.2 Å². The van der Waals surface area contributed by atoms with E-state index in [2.05, 4.69) is 12.4 Å². The molecule has 2 fully saturated rings. The monoisotopic (exact) mass is 242 g/mol. The summed E-state index contributed by atoms with van der Waals surface area (Å²) in [4.78, 5) is 19.0. The van der Waals surface area contributed by atoms with Crippen LogP contribution in [0.2, 0.25) is 0 Å². The van der Waals surface area contributed by atoms with Crippen molar-refractivity contribution >= 4 is 6.03 Å². The van der Waals surface area contributed by atoms with Gasteiger partial charge in [0.2, 0.25) is 0 Å². The van der Waals surface area contributed by atoms with Crippen LogP contribution in [-0.2, 0) is 9.57 Å². The van der Waals surface area contributed by atoms with E-state index in [4.69, 9.17) is 9.57 Å². The van der Waals surface area contributed by atoms with Gasteiger partial charge in [-0.05, 0) is 39.0 Å². The lowest BCUT2D eigenvalue weighted by atomic mass is 10.0. The Labute approximate surface area is 102 Å². The number of hydroxylamine groups is 1. The molecule has 2 atom stereocenters. The smallest absolute Gasteiger partial charge is 0.341 e. The highest BCUT2D eigenvalue weighted by molar-refractivity contribution is 5.73. The zero-order chi connectivity index (χ0) is 12.1. The van der Waals surface area contributed by atoms with Crippen LogP contribution < -0.4 is 5.48 Å². The fourth-order valence-electron chi connectivity index (χ4n) is 2.38. The molecule has 5 nitrogen and oxygen atoms in total. The third-order valence-corrected chi connectivity index (χ3v) is 3.48. The molecule has 0 radical (unpaired) electrons. The maximum absolute atomic E-state index is 11.9. The Morgan fingerprint density at radius 3 is 2.82 bits per heavy atom. The number of nitrogens with zero attached hydrogens (tertiary/aromatic N) is 1. The van der Waals surface area contributed by atoms with Crippen molar-refractivity contribution in [3.8, 4) is 0 Å². The fraction of sp³-hybridized carbons (Fsp3) is 0.917. The fourth-order valence-corrected chi connectivity index (χ4v) is 2.38. The average molecular weight is 242 g/mol. The van der Waals surface area contributed by atoms with Crippen molar-refractivity contribution in [3.63, 3.8) is 0 Å². The molecule has 2 amide bonds. The average Bonchev–Trinajstić information content (AvgIpc) is 2.38. The van der Waals surface area contributed by atoms with Gasteiger partial charge in [0.25, 0.3) is 0 Å². The van der Waals surface area contributed by atoms with Gasteiger partial charge in [-0.25, -0.2) is 15.1 Å². The SMILES string of the molecule is C[C@H]1CCCCN1C(=O)NO[C@@H]1CCCCO1. The van der Waals surface area contributed by atoms with E-state index in [1.165, 1.54) is 6.42 Å². The number of piperidine rings is 1. The summed E-state index contributed by atoms with van der Waals surface area (Å²) in [6, 6.07) is 0.172. The summed E-state index contributed by atoms with van der Waals surface area (Å²) in [6.45, 7) is 3.62. The van der Waals surface area contributed by atoms with E-state index in [0.717, 1.165) is 45.3 Å². The van der Waals surface area contributed by atoms with E-state index in [-0.39, 0.29) is 12.3 Å². The zero-order valence-electron chi connectivity index (χ0n) is 10.5. The standard InChI is InChI=1S/C12H22N2O3/c1-10-6-2-4-8-14(10)12(15)13-17-11-7-3-5-9-16-11/h10-11H,2-9H2,1H3,(H,13,15)/t10-,11+/m0/s1. The van der Waals surface area contributed by atoms with Crippen molar-refractivity contribution in [2.24, 2.45) is 0 Å². The molecule has 1 N–H and O–H groups in total. The van der Waals surface area contributed by atoms with Crippen LogP contribution in [0.4, 0.5) is 4.79 Å². The number of nitrogens with one attached hydrogen (secondary N) is 1. The third kappa shape index (κ3) is 3.57. The van der Waals surface area contributed by atoms with Crippen molar-refractivity contribution < 1.29 is 14.4 Å². The minimum atomic E-state index is -0.271. The van der Waals surface area contributed by atoms with Gasteiger partial charge in [-0.15, -0.1) is 0 Å². The van der Waals surface area contributed by atoms with Crippen LogP contribution in [0.25, 0.3) is 0 Å². The van der Waals surface area contributed by atoms with Crippen molar-refractivity contribution in [1.82, 2.24) is 10.4 Å². The number of rotatable bonds is 2. The van der Waals surface area contributed by atoms with Crippen LogP contribution in [0.1, 0.15) is 45.4 Å². The zero-order valence-corrected chi connectivity index (χ0v) is 10.5. The molecule has 98 valence electrons. The Balaban J connectivity index is 1.72. The molecule has 2 aliphatic heterocycles. The number of carbonyl (C=O) groups is 1. The van der Waals surface area contributed by atoms with Gasteiger partial charge in [0.05, 0.1) is 0 Å². The summed E-state index contributed by atoms with van der Waals surface area (Å²) in [7, 11) is 0. The molecular formula is C12H22N2O3. The van der Waals surface area contributed by atoms with Crippen molar-refractivity contribution in [3.05, 3.63) is 0 Å². The Morgan fingerprint density at radius 2 is 2.12 bits per heavy atom. The summed E-state index contributed by atoms with van der Waals surface area (Å²) in [5.41, 5.74) is 2.51. The molecule has 2 rings (SSSR count). The number of amides is 2. The van der Waals surface area contributed by atoms with E-state index < -0.39 is 0 Å². The van der Waals surface area contributed by atoms with Crippen LogP contribution in [0, 0.1) is 0 Å². The summed E-state index contributed by atoms with van der Waals surface area (Å²) < 4.78 is 5.39. The van der Waals surface area contributed by atoms with E-state index in [1.54, 1.807) is 0 Å². The van der Waals surface area contributed by atoms with E-state index in [0.29, 0.717) is 6.04 Å². The van der Waals surface area contributed by atoms with Crippen LogP contribution in [0.15, 0.2) is 0 Å². The molecule has 0 bridgehead atoms. The molecule has 2 heterocycles. The Morgan fingerprint density at radius 1 is 1.29 bits per heavy atom. The van der Waals surface area contributed by atoms with Gasteiger partial charge in [0, 0.05) is 25.6 Å². The molecule has 0 unspecified atom stereocenters. The molecule has 17 heavy (non-hydrogen) atoms. The first kappa shape index (κ1) is 12.6. The van der Waals surface area contributed by atoms with E-state index in [1.807, 2.05) is 4.90 Å². The normalized spacial score (nSPS) is 30.1. The van der Waals surface area contributed by atoms with Gasteiger partial charge in [-0.2, -0.15) is 0 Å². The quantitative estimate of drug-likeness (QED) is 0.754. The number of urea groups is 1. The summed E-state index contributed by atoms with van der Waals surface area (Å²) in [5.74, 6) is 0. The molecule has 0 spiro atoms. The second kappa shape index (κ2) is 6.21. The van der Waals surface area contributed by atoms with Gasteiger partial charge >= 0.3 is 6.03 Å². The second-order valence-corrected chi connectivity index (χ2v) is 4.86. The Bertz CT molecular complexity index is 254. The summed E-state index contributed by atoms with van der Waals surface area (Å²) in [6.07, 6.45) is 6.13. The lowest BCUT2D eigenvalue weighted by Crippen LogP contribution is -2.48. The first-order valence-electron chi connectivity index (χ1n) is 6.61. The molecule has 0 aromatic carbocycles. The van der Waals surface area contributed by atoms with Gasteiger partial charge in [0.1, 0.15) is 0 Å². The molecule has 2 saturated heterocycles. The Hall–Kier alpha value is -0.810. The number of hydrogen-bond donors (Lipinski definition) is 1. The molecular weight excluding hydrogens is 220 g/mol. The lowest BCUT2D eigenvalue weighted by molar-refractivity contribution is -0.188. The molecule has 2 aliphatic rings. The minimum Gasteiger partial charge on any atom is -0.350 e. The largest absolute Gasteiger partial charge is 0.350 e. The van der Waals surface area contributed by atoms with Gasteiger partial charge in [-0.1, -0.05) is 0 Å². The first-order valence-corrected chi connectivity index (χ1v) is 6.61. The van der Waals surface area contributed by atoms with E-state index in [9.17, 15) is 4.79 Å². The highest BCUT2D eigenvalue weighted by Gasteiger charge is 2.24. The van der Waals surface area contributed by atoms with Gasteiger partial charge in [-0.3, -0.25) is 0 Å². The lowest BCUT2D eigenvalue weighted by Gasteiger charge is -2.33. The third-order valence-electron chi connectivity index (χ3n) is 3.48. The van der Waals surface area contributed by atoms with Crippen LogP contribution in [0.5, 0.6) is 0 Å². The van der Waals surface area contributed by atoms with Gasteiger partial charge < -0.3 is 9.64 Å². The number of likely N-dealkylation sites (tertiary alicyclic amines) is 1. The predicted octanol–water partition coefficient (Wildman–Crippen LogP) is 2.03. The minimum absolute atomic E-state index is 0.133. The highest BCUT2D eigenvalue weighted by Crippen LogP contribution is 2.17. The number of carbonyl (C=O) groups excluding carboxylic acids is 1. The van der Waals surface area contributed by atoms with Crippen LogP contribution in [-0.4, -0.2) is 36.4 Å². The predicted molar refractivity (Wildman–Crippen MR) is 63.2 cm³/mol. The van der Waals surface area contributed by atoms with E-state index >= 15 is 0 Å². The molecule has 0 aliphatic carbocycles. The molecule has 0 saturated carbocycles. The number of ether oxygens (including phenoxy) is 1. The van der Waals surface area contributed by atoms with Crippen molar-refractivity contribution in [2.45, 2.75) is 57.8 Å². The van der Waals surface area contributed by atoms with Crippen LogP contribution >= 0.6 is 0 Å². The van der Waals surface area contributed by atoms with Crippen molar-refractivity contribution in [1.29, 1.82) is 0 Å². The number of hydrogen-bond acceptors (Lipinski definition) is 3.